The number of piperazine rings is 1. The van der Waals surface area contributed by atoms with Crippen LogP contribution in [0.15, 0.2) is 77.7 Å². The number of hydrogen-bond acceptors (Lipinski definition) is 5. The third-order valence-corrected chi connectivity index (χ3v) is 7.97. The highest BCUT2D eigenvalue weighted by atomic mass is 32.2. The van der Waals surface area contributed by atoms with Gasteiger partial charge in [-0.15, -0.1) is 0 Å². The number of carbonyl (C=O) groups is 2. The molecule has 0 spiro atoms. The zero-order valence-corrected chi connectivity index (χ0v) is 21.5. The van der Waals surface area contributed by atoms with Crippen LogP contribution in [0.25, 0.3) is 0 Å². The van der Waals surface area contributed by atoms with Gasteiger partial charge in [0.2, 0.25) is 5.91 Å². The van der Waals surface area contributed by atoms with Crippen LogP contribution in [0.5, 0.6) is 0 Å². The Morgan fingerprint density at radius 3 is 2.22 bits per heavy atom. The largest absolute Gasteiger partial charge is 0.340 e. The summed E-state index contributed by atoms with van der Waals surface area (Å²) < 4.78 is 2.28. The highest BCUT2D eigenvalue weighted by molar-refractivity contribution is 7.97. The minimum atomic E-state index is -0.103. The number of nitrogens with one attached hydrogen (secondary N) is 1. The molecule has 1 N–H and O–H groups in total. The van der Waals surface area contributed by atoms with Crippen LogP contribution in [0, 0.1) is 0 Å². The summed E-state index contributed by atoms with van der Waals surface area (Å²) in [4.78, 5) is 29.7. The van der Waals surface area contributed by atoms with Crippen molar-refractivity contribution in [3.8, 4) is 0 Å². The maximum Gasteiger partial charge on any atom is 0.255 e. The van der Waals surface area contributed by atoms with Crippen molar-refractivity contribution in [2.24, 2.45) is 0 Å². The number of anilines is 1. The summed E-state index contributed by atoms with van der Waals surface area (Å²) in [5.74, 6) is 0.0387. The molecule has 2 heterocycles. The Morgan fingerprint density at radius 1 is 0.833 bits per heavy atom. The van der Waals surface area contributed by atoms with Crippen molar-refractivity contribution >= 4 is 29.4 Å². The molecule has 0 radical (unpaired) electrons. The Morgan fingerprint density at radius 2 is 1.53 bits per heavy atom. The van der Waals surface area contributed by atoms with Crippen molar-refractivity contribution < 1.29 is 9.59 Å². The van der Waals surface area contributed by atoms with Crippen LogP contribution in [0.1, 0.15) is 34.0 Å². The molecule has 0 bridgehead atoms. The molecule has 3 aromatic carbocycles. The molecule has 2 aliphatic rings. The third kappa shape index (κ3) is 6.16. The van der Waals surface area contributed by atoms with E-state index in [1.165, 1.54) is 16.7 Å². The number of fused-ring (bicyclic) bond motifs is 1. The minimum absolute atomic E-state index is 0.103. The zero-order chi connectivity index (χ0) is 24.9. The molecule has 0 unspecified atom stereocenters. The normalized spacial score (nSPS) is 16.4. The Hall–Kier alpha value is -3.13. The van der Waals surface area contributed by atoms with E-state index < -0.39 is 0 Å². The first-order chi connectivity index (χ1) is 17.5. The molecule has 186 valence electrons. The first kappa shape index (κ1) is 24.6. The van der Waals surface area contributed by atoms with Crippen LogP contribution in [0.4, 0.5) is 5.69 Å². The molecule has 5 rings (SSSR count). The summed E-state index contributed by atoms with van der Waals surface area (Å²) in [6, 6.07) is 24.5. The van der Waals surface area contributed by atoms with Gasteiger partial charge in [-0.2, -0.15) is 0 Å². The summed E-state index contributed by atoms with van der Waals surface area (Å²) in [7, 11) is 0. The lowest BCUT2D eigenvalue weighted by atomic mass is 9.99. The van der Waals surface area contributed by atoms with E-state index in [9.17, 15) is 9.59 Å². The zero-order valence-electron chi connectivity index (χ0n) is 20.7. The lowest BCUT2D eigenvalue weighted by Gasteiger charge is -2.33. The van der Waals surface area contributed by atoms with Crippen molar-refractivity contribution in [1.29, 1.82) is 0 Å². The van der Waals surface area contributed by atoms with Crippen molar-refractivity contribution in [2.45, 2.75) is 31.3 Å². The van der Waals surface area contributed by atoms with Gasteiger partial charge in [-0.1, -0.05) is 36.4 Å². The van der Waals surface area contributed by atoms with E-state index in [0.29, 0.717) is 5.56 Å². The molecule has 1 saturated heterocycles. The fourth-order valence-corrected chi connectivity index (χ4v) is 5.66. The van der Waals surface area contributed by atoms with Crippen LogP contribution < -0.4 is 5.32 Å². The molecule has 2 aliphatic heterocycles. The van der Waals surface area contributed by atoms with Crippen molar-refractivity contribution in [2.75, 3.05) is 38.0 Å². The maximum absolute atomic E-state index is 12.8. The summed E-state index contributed by atoms with van der Waals surface area (Å²) in [5.41, 5.74) is 5.53. The Balaban J connectivity index is 1.11. The van der Waals surface area contributed by atoms with E-state index in [-0.39, 0.29) is 11.8 Å². The topological polar surface area (TPSA) is 55.9 Å². The monoisotopic (exact) mass is 500 g/mol. The van der Waals surface area contributed by atoms with E-state index in [1.807, 2.05) is 41.3 Å². The van der Waals surface area contributed by atoms with Crippen molar-refractivity contribution in [3.63, 3.8) is 0 Å². The fraction of sp³-hybridized carbons (Fsp3) is 0.310. The molecule has 0 aromatic heterocycles. The Bertz CT molecular complexity index is 1200. The van der Waals surface area contributed by atoms with Crippen molar-refractivity contribution in [3.05, 3.63) is 95.1 Å². The van der Waals surface area contributed by atoms with Gasteiger partial charge >= 0.3 is 0 Å². The second-order valence-corrected chi connectivity index (χ2v) is 10.6. The lowest BCUT2D eigenvalue weighted by molar-refractivity contribution is -0.129. The van der Waals surface area contributed by atoms with Gasteiger partial charge in [0.05, 0.1) is 0 Å². The van der Waals surface area contributed by atoms with Crippen LogP contribution in [-0.2, 0) is 24.3 Å². The third-order valence-electron chi connectivity index (χ3n) is 6.86. The van der Waals surface area contributed by atoms with Gasteiger partial charge in [-0.05, 0) is 71.5 Å². The molecule has 0 saturated carbocycles. The molecule has 1 fully saturated rings. The highest BCUT2D eigenvalue weighted by Crippen LogP contribution is 2.26. The number of rotatable bonds is 6. The smallest absolute Gasteiger partial charge is 0.255 e. The SMILES string of the molecule is CC(=O)N1CCN(Sc2ccc(NC(=O)c3ccc(CN4CCc5ccccc5C4)cc3)cc2)CC1. The molecule has 2 amide bonds. The summed E-state index contributed by atoms with van der Waals surface area (Å²) in [6.45, 7) is 7.78. The molecule has 3 aromatic rings. The maximum atomic E-state index is 12.8. The fourth-order valence-electron chi connectivity index (χ4n) is 4.75. The standard InChI is InChI=1S/C29H32N4O2S/c1-22(34)32-16-18-33(19-17-32)36-28-12-10-27(11-13-28)30-29(35)25-8-6-23(7-9-25)20-31-15-14-24-4-2-3-5-26(24)21-31/h2-13H,14-21H2,1H3,(H,30,35). The van der Waals surface area contributed by atoms with E-state index in [2.05, 4.69) is 50.9 Å². The van der Waals surface area contributed by atoms with E-state index >= 15 is 0 Å². The number of carbonyl (C=O) groups excluding carboxylic acids is 2. The first-order valence-electron chi connectivity index (χ1n) is 12.5. The first-order valence-corrected chi connectivity index (χ1v) is 13.3. The Labute approximate surface area is 217 Å². The summed E-state index contributed by atoms with van der Waals surface area (Å²) in [5, 5.41) is 3.00. The van der Waals surface area contributed by atoms with Crippen LogP contribution in [0.3, 0.4) is 0 Å². The van der Waals surface area contributed by atoms with Gasteiger partial charge < -0.3 is 10.2 Å². The van der Waals surface area contributed by atoms with Gasteiger partial charge in [0, 0.05) is 68.9 Å². The van der Waals surface area contributed by atoms with Crippen LogP contribution in [-0.4, -0.2) is 58.6 Å². The average Bonchev–Trinajstić information content (AvgIpc) is 2.90. The predicted octanol–water partition coefficient (Wildman–Crippen LogP) is 4.67. The van der Waals surface area contributed by atoms with Gasteiger partial charge in [0.1, 0.15) is 0 Å². The van der Waals surface area contributed by atoms with Gasteiger partial charge in [0.15, 0.2) is 0 Å². The van der Waals surface area contributed by atoms with E-state index in [0.717, 1.165) is 62.8 Å². The number of amides is 2. The van der Waals surface area contributed by atoms with Gasteiger partial charge in [-0.3, -0.25) is 14.5 Å². The molecular formula is C29H32N4O2S. The lowest BCUT2D eigenvalue weighted by Crippen LogP contribution is -2.45. The van der Waals surface area contributed by atoms with E-state index in [1.54, 1.807) is 18.9 Å². The van der Waals surface area contributed by atoms with E-state index in [4.69, 9.17) is 0 Å². The number of hydrogen-bond donors (Lipinski definition) is 1. The average molecular weight is 501 g/mol. The van der Waals surface area contributed by atoms with Crippen LogP contribution in [0.2, 0.25) is 0 Å². The van der Waals surface area contributed by atoms with Crippen LogP contribution >= 0.6 is 11.9 Å². The Kier molecular flexibility index (Phi) is 7.70. The van der Waals surface area contributed by atoms with Gasteiger partial charge in [-0.25, -0.2) is 4.31 Å². The quantitative estimate of drug-likeness (QED) is 0.499. The number of nitrogens with zero attached hydrogens (tertiary/aromatic N) is 3. The summed E-state index contributed by atoms with van der Waals surface area (Å²) >= 11 is 1.69. The molecule has 7 heteroatoms. The second-order valence-electron chi connectivity index (χ2n) is 9.43. The molecule has 36 heavy (non-hydrogen) atoms. The minimum Gasteiger partial charge on any atom is -0.340 e. The summed E-state index contributed by atoms with van der Waals surface area (Å²) in [6.07, 6.45) is 1.09. The molecular weight excluding hydrogens is 468 g/mol. The predicted molar refractivity (Wildman–Crippen MR) is 145 cm³/mol. The number of benzene rings is 3. The second kappa shape index (κ2) is 11.3. The van der Waals surface area contributed by atoms with Gasteiger partial charge in [0.25, 0.3) is 5.91 Å². The van der Waals surface area contributed by atoms with Crippen molar-refractivity contribution in [1.82, 2.24) is 14.1 Å². The highest BCUT2D eigenvalue weighted by Gasteiger charge is 2.19. The molecule has 6 nitrogen and oxygen atoms in total. The molecule has 0 atom stereocenters. The molecule has 0 aliphatic carbocycles.